The SMILES string of the molecule is CC(CN(C)C(=O)CCNC(=O)N1CCc2ccccc2C1)C(=O)O. The van der Waals surface area contributed by atoms with Gasteiger partial charge in [-0.2, -0.15) is 0 Å². The van der Waals surface area contributed by atoms with E-state index in [0.717, 1.165) is 12.0 Å². The van der Waals surface area contributed by atoms with Crippen LogP contribution in [0, 0.1) is 5.92 Å². The van der Waals surface area contributed by atoms with Gasteiger partial charge < -0.3 is 20.2 Å². The first-order valence-electron chi connectivity index (χ1n) is 8.44. The number of rotatable bonds is 6. The zero-order valence-electron chi connectivity index (χ0n) is 14.7. The van der Waals surface area contributed by atoms with Gasteiger partial charge in [0.25, 0.3) is 0 Å². The van der Waals surface area contributed by atoms with Gasteiger partial charge in [0.15, 0.2) is 0 Å². The summed E-state index contributed by atoms with van der Waals surface area (Å²) in [6.07, 6.45) is 0.983. The van der Waals surface area contributed by atoms with Gasteiger partial charge in [0, 0.05) is 39.6 Å². The van der Waals surface area contributed by atoms with Crippen LogP contribution in [0.15, 0.2) is 24.3 Å². The molecular formula is C18H25N3O4. The lowest BCUT2D eigenvalue weighted by atomic mass is 10.0. The van der Waals surface area contributed by atoms with Gasteiger partial charge in [-0.15, -0.1) is 0 Å². The second-order valence-electron chi connectivity index (χ2n) is 6.44. The highest BCUT2D eigenvalue weighted by Crippen LogP contribution is 2.18. The highest BCUT2D eigenvalue weighted by atomic mass is 16.4. The molecular weight excluding hydrogens is 322 g/mol. The standard InChI is InChI=1S/C18H25N3O4/c1-13(17(23)24)11-20(2)16(22)7-9-19-18(25)21-10-8-14-5-3-4-6-15(14)12-21/h3-6,13H,7-12H2,1-2H3,(H,19,25)(H,23,24). The minimum atomic E-state index is -0.932. The molecule has 1 aliphatic heterocycles. The van der Waals surface area contributed by atoms with Crippen LogP contribution in [0.1, 0.15) is 24.5 Å². The molecule has 25 heavy (non-hydrogen) atoms. The van der Waals surface area contributed by atoms with E-state index in [-0.39, 0.29) is 31.4 Å². The van der Waals surface area contributed by atoms with Crippen molar-refractivity contribution in [3.05, 3.63) is 35.4 Å². The summed E-state index contributed by atoms with van der Waals surface area (Å²) in [5.74, 6) is -1.73. The normalized spacial score (nSPS) is 14.4. The molecule has 0 saturated carbocycles. The zero-order valence-corrected chi connectivity index (χ0v) is 14.7. The van der Waals surface area contributed by atoms with Crippen LogP contribution >= 0.6 is 0 Å². The van der Waals surface area contributed by atoms with Gasteiger partial charge in [-0.1, -0.05) is 31.2 Å². The smallest absolute Gasteiger partial charge is 0.317 e. The van der Waals surface area contributed by atoms with E-state index in [1.54, 1.807) is 18.9 Å². The van der Waals surface area contributed by atoms with E-state index >= 15 is 0 Å². The lowest BCUT2D eigenvalue weighted by molar-refractivity contribution is -0.142. The molecule has 136 valence electrons. The van der Waals surface area contributed by atoms with Crippen molar-refractivity contribution in [2.24, 2.45) is 5.92 Å². The number of carboxylic acid groups (broad SMARTS) is 1. The summed E-state index contributed by atoms with van der Waals surface area (Å²) >= 11 is 0. The average Bonchev–Trinajstić information content (AvgIpc) is 2.60. The van der Waals surface area contributed by atoms with Crippen LogP contribution in [0.5, 0.6) is 0 Å². The van der Waals surface area contributed by atoms with E-state index < -0.39 is 11.9 Å². The molecule has 1 aromatic rings. The van der Waals surface area contributed by atoms with Gasteiger partial charge in [-0.3, -0.25) is 9.59 Å². The fourth-order valence-electron chi connectivity index (χ4n) is 2.84. The van der Waals surface area contributed by atoms with Crippen LogP contribution in [-0.2, 0) is 22.6 Å². The number of carbonyl (C=O) groups excluding carboxylic acids is 2. The number of fused-ring (bicyclic) bond motifs is 1. The summed E-state index contributed by atoms with van der Waals surface area (Å²) < 4.78 is 0. The van der Waals surface area contributed by atoms with Crippen molar-refractivity contribution in [3.8, 4) is 0 Å². The first kappa shape index (κ1) is 18.8. The van der Waals surface area contributed by atoms with E-state index in [1.165, 1.54) is 10.5 Å². The number of benzene rings is 1. The Bertz CT molecular complexity index is 647. The molecule has 0 aromatic heterocycles. The molecule has 7 heteroatoms. The predicted octanol–water partition coefficient (Wildman–Crippen LogP) is 1.32. The fourth-order valence-corrected chi connectivity index (χ4v) is 2.84. The molecule has 0 fully saturated rings. The van der Waals surface area contributed by atoms with E-state index in [9.17, 15) is 14.4 Å². The van der Waals surface area contributed by atoms with Crippen molar-refractivity contribution < 1.29 is 19.5 Å². The Labute approximate surface area is 147 Å². The summed E-state index contributed by atoms with van der Waals surface area (Å²) in [6, 6.07) is 7.90. The molecule has 1 aromatic carbocycles. The van der Waals surface area contributed by atoms with Crippen molar-refractivity contribution in [1.29, 1.82) is 0 Å². The van der Waals surface area contributed by atoms with Crippen LogP contribution in [-0.4, -0.2) is 59.5 Å². The summed E-state index contributed by atoms with van der Waals surface area (Å²) in [7, 11) is 1.57. The van der Waals surface area contributed by atoms with Crippen LogP contribution in [0.25, 0.3) is 0 Å². The number of nitrogens with one attached hydrogen (secondary N) is 1. The number of hydrogen-bond acceptors (Lipinski definition) is 3. The summed E-state index contributed by atoms with van der Waals surface area (Å²) in [5, 5.41) is 11.6. The van der Waals surface area contributed by atoms with Crippen molar-refractivity contribution in [2.45, 2.75) is 26.3 Å². The molecule has 1 unspecified atom stereocenters. The predicted molar refractivity (Wildman–Crippen MR) is 93.0 cm³/mol. The second kappa shape index (κ2) is 8.50. The quantitative estimate of drug-likeness (QED) is 0.812. The van der Waals surface area contributed by atoms with Gasteiger partial charge in [0.2, 0.25) is 5.91 Å². The largest absolute Gasteiger partial charge is 0.481 e. The lowest BCUT2D eigenvalue weighted by Crippen LogP contribution is -2.44. The van der Waals surface area contributed by atoms with E-state index in [2.05, 4.69) is 11.4 Å². The Kier molecular flexibility index (Phi) is 6.38. The molecule has 2 rings (SSSR count). The Morgan fingerprint density at radius 3 is 2.64 bits per heavy atom. The second-order valence-corrected chi connectivity index (χ2v) is 6.44. The van der Waals surface area contributed by atoms with Gasteiger partial charge in [-0.05, 0) is 17.5 Å². The van der Waals surface area contributed by atoms with Gasteiger partial charge in [-0.25, -0.2) is 4.79 Å². The monoisotopic (exact) mass is 347 g/mol. The molecule has 2 N–H and O–H groups in total. The molecule has 0 saturated heterocycles. The maximum Gasteiger partial charge on any atom is 0.317 e. The molecule has 1 aliphatic rings. The number of urea groups is 1. The minimum absolute atomic E-state index is 0.152. The number of nitrogens with zero attached hydrogens (tertiary/aromatic N) is 2. The fraction of sp³-hybridized carbons (Fsp3) is 0.500. The highest BCUT2D eigenvalue weighted by molar-refractivity contribution is 5.79. The van der Waals surface area contributed by atoms with Gasteiger partial charge in [0.05, 0.1) is 5.92 Å². The van der Waals surface area contributed by atoms with Crippen LogP contribution in [0.2, 0.25) is 0 Å². The summed E-state index contributed by atoms with van der Waals surface area (Å²) in [6.45, 7) is 3.19. The van der Waals surface area contributed by atoms with Crippen LogP contribution in [0.4, 0.5) is 4.79 Å². The maximum absolute atomic E-state index is 12.2. The maximum atomic E-state index is 12.2. The molecule has 1 atom stereocenters. The van der Waals surface area contributed by atoms with Gasteiger partial charge in [0.1, 0.15) is 0 Å². The van der Waals surface area contributed by atoms with Crippen LogP contribution < -0.4 is 5.32 Å². The van der Waals surface area contributed by atoms with Crippen molar-refractivity contribution in [3.63, 3.8) is 0 Å². The Morgan fingerprint density at radius 2 is 1.96 bits per heavy atom. The van der Waals surface area contributed by atoms with Crippen molar-refractivity contribution >= 4 is 17.9 Å². The third kappa shape index (κ3) is 5.20. The number of aliphatic carboxylic acids is 1. The molecule has 0 aliphatic carbocycles. The molecule has 0 radical (unpaired) electrons. The molecule has 0 bridgehead atoms. The third-order valence-electron chi connectivity index (χ3n) is 4.43. The minimum Gasteiger partial charge on any atom is -0.481 e. The molecule has 7 nitrogen and oxygen atoms in total. The number of amides is 3. The summed E-state index contributed by atoms with van der Waals surface area (Å²) in [5.41, 5.74) is 2.43. The van der Waals surface area contributed by atoms with E-state index in [0.29, 0.717) is 13.1 Å². The summed E-state index contributed by atoms with van der Waals surface area (Å²) in [4.78, 5) is 38.2. The lowest BCUT2D eigenvalue weighted by Gasteiger charge is -2.29. The molecule has 3 amide bonds. The number of carboxylic acids is 1. The number of carbonyl (C=O) groups is 3. The first-order chi connectivity index (χ1) is 11.9. The van der Waals surface area contributed by atoms with Crippen molar-refractivity contribution in [1.82, 2.24) is 15.1 Å². The molecule has 0 spiro atoms. The van der Waals surface area contributed by atoms with E-state index in [4.69, 9.17) is 5.11 Å². The zero-order chi connectivity index (χ0) is 18.4. The van der Waals surface area contributed by atoms with E-state index in [1.807, 2.05) is 18.2 Å². The highest BCUT2D eigenvalue weighted by Gasteiger charge is 2.21. The topological polar surface area (TPSA) is 90.0 Å². The number of hydrogen-bond donors (Lipinski definition) is 2. The van der Waals surface area contributed by atoms with Crippen LogP contribution in [0.3, 0.4) is 0 Å². The Balaban J connectivity index is 1.74. The molecule has 1 heterocycles. The van der Waals surface area contributed by atoms with Gasteiger partial charge >= 0.3 is 12.0 Å². The average molecular weight is 347 g/mol. The Morgan fingerprint density at radius 1 is 1.28 bits per heavy atom. The third-order valence-corrected chi connectivity index (χ3v) is 4.43. The van der Waals surface area contributed by atoms with Crippen molar-refractivity contribution in [2.75, 3.05) is 26.7 Å². The first-order valence-corrected chi connectivity index (χ1v) is 8.44. The Hall–Kier alpha value is -2.57.